The zero-order chi connectivity index (χ0) is 12.2. The van der Waals surface area contributed by atoms with Crippen molar-refractivity contribution in [1.29, 1.82) is 0 Å². The maximum absolute atomic E-state index is 10.6. The Labute approximate surface area is 95.8 Å². The fraction of sp³-hybridized carbons (Fsp3) is 0.909. The van der Waals surface area contributed by atoms with E-state index in [-0.39, 0.29) is 6.10 Å². The van der Waals surface area contributed by atoms with E-state index >= 15 is 0 Å². The standard InChI is InChI=1S/C11H21NO4/c1-3-11(2,15)7-12-6-8-4-5-9(16-8)10(13)14/h8-9,12,15H,3-7H2,1-2H3,(H,13,14). The first-order valence-corrected chi connectivity index (χ1v) is 5.76. The third kappa shape index (κ3) is 4.08. The maximum atomic E-state index is 10.6. The van der Waals surface area contributed by atoms with E-state index in [0.29, 0.717) is 25.9 Å². The summed E-state index contributed by atoms with van der Waals surface area (Å²) in [4.78, 5) is 10.6. The molecule has 0 aromatic rings. The highest BCUT2D eigenvalue weighted by Crippen LogP contribution is 2.19. The third-order valence-electron chi connectivity index (χ3n) is 3.02. The first kappa shape index (κ1) is 13.4. The molecule has 5 heteroatoms. The number of hydrogen-bond acceptors (Lipinski definition) is 4. The summed E-state index contributed by atoms with van der Waals surface area (Å²) in [5, 5.41) is 21.6. The molecule has 3 N–H and O–H groups in total. The molecule has 0 saturated carbocycles. The van der Waals surface area contributed by atoms with Crippen LogP contribution in [0.25, 0.3) is 0 Å². The predicted octanol–water partition coefficient (Wildman–Crippen LogP) is 0.369. The summed E-state index contributed by atoms with van der Waals surface area (Å²) in [6.45, 7) is 4.80. The van der Waals surface area contributed by atoms with Crippen LogP contribution in [0.3, 0.4) is 0 Å². The molecule has 5 nitrogen and oxygen atoms in total. The molecule has 0 aliphatic carbocycles. The van der Waals surface area contributed by atoms with Gasteiger partial charge in [0.2, 0.25) is 0 Å². The molecule has 1 rings (SSSR count). The lowest BCUT2D eigenvalue weighted by atomic mass is 10.0. The van der Waals surface area contributed by atoms with Gasteiger partial charge in [-0.25, -0.2) is 4.79 Å². The van der Waals surface area contributed by atoms with E-state index in [1.807, 2.05) is 6.92 Å². The highest BCUT2D eigenvalue weighted by Gasteiger charge is 2.30. The SMILES string of the molecule is CCC(C)(O)CNCC1CCC(C(=O)O)O1. The summed E-state index contributed by atoms with van der Waals surface area (Å²) in [7, 11) is 0. The molecule has 1 aliphatic rings. The lowest BCUT2D eigenvalue weighted by molar-refractivity contribution is -0.149. The first-order valence-electron chi connectivity index (χ1n) is 5.76. The molecule has 1 saturated heterocycles. The number of hydrogen-bond donors (Lipinski definition) is 3. The smallest absolute Gasteiger partial charge is 0.332 e. The lowest BCUT2D eigenvalue weighted by Gasteiger charge is -2.22. The number of nitrogens with one attached hydrogen (secondary N) is 1. The van der Waals surface area contributed by atoms with Crippen LogP contribution in [0.4, 0.5) is 0 Å². The van der Waals surface area contributed by atoms with E-state index in [9.17, 15) is 9.90 Å². The van der Waals surface area contributed by atoms with Crippen LogP contribution in [-0.2, 0) is 9.53 Å². The molecule has 0 aromatic carbocycles. The van der Waals surface area contributed by atoms with Gasteiger partial charge in [0.15, 0.2) is 6.10 Å². The van der Waals surface area contributed by atoms with E-state index < -0.39 is 17.7 Å². The second-order valence-corrected chi connectivity index (χ2v) is 4.64. The molecule has 0 radical (unpaired) electrons. The van der Waals surface area contributed by atoms with Crippen molar-refractivity contribution in [3.05, 3.63) is 0 Å². The molecule has 1 aliphatic heterocycles. The Bertz CT molecular complexity index is 242. The molecule has 94 valence electrons. The Morgan fingerprint density at radius 3 is 2.75 bits per heavy atom. The van der Waals surface area contributed by atoms with Crippen LogP contribution in [0.1, 0.15) is 33.1 Å². The molecule has 0 bridgehead atoms. The quantitative estimate of drug-likeness (QED) is 0.615. The zero-order valence-electron chi connectivity index (χ0n) is 9.90. The molecular weight excluding hydrogens is 210 g/mol. The van der Waals surface area contributed by atoms with Crippen molar-refractivity contribution in [2.75, 3.05) is 13.1 Å². The number of ether oxygens (including phenoxy) is 1. The van der Waals surface area contributed by atoms with Gasteiger partial charge in [0, 0.05) is 13.1 Å². The average Bonchev–Trinajstić information content (AvgIpc) is 2.66. The highest BCUT2D eigenvalue weighted by atomic mass is 16.5. The van der Waals surface area contributed by atoms with Crippen LogP contribution in [0.15, 0.2) is 0 Å². The number of aliphatic hydroxyl groups is 1. The molecule has 3 atom stereocenters. The molecule has 3 unspecified atom stereocenters. The first-order chi connectivity index (χ1) is 7.44. The zero-order valence-corrected chi connectivity index (χ0v) is 9.90. The van der Waals surface area contributed by atoms with Crippen LogP contribution in [0, 0.1) is 0 Å². The van der Waals surface area contributed by atoms with Gasteiger partial charge in [0.05, 0.1) is 11.7 Å². The summed E-state index contributed by atoms with van der Waals surface area (Å²) in [6, 6.07) is 0. The van der Waals surface area contributed by atoms with Crippen molar-refractivity contribution in [3.63, 3.8) is 0 Å². The molecule has 0 spiro atoms. The second-order valence-electron chi connectivity index (χ2n) is 4.64. The fourth-order valence-electron chi connectivity index (χ4n) is 1.66. The summed E-state index contributed by atoms with van der Waals surface area (Å²) in [5.74, 6) is -0.886. The van der Waals surface area contributed by atoms with E-state index in [1.165, 1.54) is 0 Å². The number of carboxylic acid groups (broad SMARTS) is 1. The number of aliphatic carboxylic acids is 1. The minimum Gasteiger partial charge on any atom is -0.479 e. The molecule has 0 aromatic heterocycles. The minimum atomic E-state index is -0.886. The van der Waals surface area contributed by atoms with Gasteiger partial charge in [-0.1, -0.05) is 6.92 Å². The number of rotatable bonds is 6. The van der Waals surface area contributed by atoms with Gasteiger partial charge in [-0.15, -0.1) is 0 Å². The van der Waals surface area contributed by atoms with Gasteiger partial charge in [-0.2, -0.15) is 0 Å². The van der Waals surface area contributed by atoms with Crippen molar-refractivity contribution in [3.8, 4) is 0 Å². The largest absolute Gasteiger partial charge is 0.479 e. The number of carbonyl (C=O) groups is 1. The Morgan fingerprint density at radius 1 is 1.56 bits per heavy atom. The number of carboxylic acids is 1. The summed E-state index contributed by atoms with van der Waals surface area (Å²) in [6.07, 6.45) is 1.32. The topological polar surface area (TPSA) is 78.8 Å². The summed E-state index contributed by atoms with van der Waals surface area (Å²) < 4.78 is 5.33. The predicted molar refractivity (Wildman–Crippen MR) is 59.3 cm³/mol. The normalized spacial score (nSPS) is 28.9. The maximum Gasteiger partial charge on any atom is 0.332 e. The second kappa shape index (κ2) is 5.61. The lowest BCUT2D eigenvalue weighted by Crippen LogP contribution is -2.40. The molecule has 1 heterocycles. The van der Waals surface area contributed by atoms with E-state index in [0.717, 1.165) is 6.42 Å². The highest BCUT2D eigenvalue weighted by molar-refractivity contribution is 5.72. The average molecular weight is 231 g/mol. The van der Waals surface area contributed by atoms with Crippen molar-refractivity contribution in [1.82, 2.24) is 5.32 Å². The van der Waals surface area contributed by atoms with Crippen molar-refractivity contribution >= 4 is 5.97 Å². The Hall–Kier alpha value is -0.650. The summed E-state index contributed by atoms with van der Waals surface area (Å²) in [5.41, 5.74) is -0.704. The van der Waals surface area contributed by atoms with E-state index in [2.05, 4.69) is 5.32 Å². The van der Waals surface area contributed by atoms with Crippen LogP contribution in [-0.4, -0.2) is 47.1 Å². The minimum absolute atomic E-state index is 0.0474. The molecule has 16 heavy (non-hydrogen) atoms. The molecule has 0 amide bonds. The van der Waals surface area contributed by atoms with E-state index in [4.69, 9.17) is 9.84 Å². The van der Waals surface area contributed by atoms with Gasteiger partial charge in [0.25, 0.3) is 0 Å². The van der Waals surface area contributed by atoms with Crippen LogP contribution in [0.5, 0.6) is 0 Å². The van der Waals surface area contributed by atoms with Crippen LogP contribution < -0.4 is 5.32 Å². The Balaban J connectivity index is 2.18. The summed E-state index contributed by atoms with van der Waals surface area (Å²) >= 11 is 0. The fourth-order valence-corrected chi connectivity index (χ4v) is 1.66. The van der Waals surface area contributed by atoms with Gasteiger partial charge in [0.1, 0.15) is 0 Å². The van der Waals surface area contributed by atoms with Crippen LogP contribution in [0.2, 0.25) is 0 Å². The molecular formula is C11H21NO4. The van der Waals surface area contributed by atoms with Gasteiger partial charge in [-0.3, -0.25) is 0 Å². The van der Waals surface area contributed by atoms with E-state index in [1.54, 1.807) is 6.92 Å². The van der Waals surface area contributed by atoms with Crippen molar-refractivity contribution < 1.29 is 19.7 Å². The van der Waals surface area contributed by atoms with Crippen molar-refractivity contribution in [2.45, 2.75) is 50.9 Å². The Morgan fingerprint density at radius 2 is 2.25 bits per heavy atom. The van der Waals surface area contributed by atoms with Crippen LogP contribution >= 0.6 is 0 Å². The van der Waals surface area contributed by atoms with Gasteiger partial charge in [-0.05, 0) is 26.2 Å². The van der Waals surface area contributed by atoms with Crippen molar-refractivity contribution in [2.24, 2.45) is 0 Å². The van der Waals surface area contributed by atoms with Gasteiger partial charge < -0.3 is 20.3 Å². The molecule has 1 fully saturated rings. The Kier molecular flexibility index (Phi) is 4.70. The van der Waals surface area contributed by atoms with Gasteiger partial charge >= 0.3 is 5.97 Å². The monoisotopic (exact) mass is 231 g/mol. The third-order valence-corrected chi connectivity index (χ3v) is 3.02.